The van der Waals surface area contributed by atoms with Crippen molar-refractivity contribution in [3.05, 3.63) is 58.4 Å². The quantitative estimate of drug-likeness (QED) is 0.848. The number of benzene rings is 1. The second-order valence-electron chi connectivity index (χ2n) is 4.13. The molecule has 0 atom stereocenters. The Bertz CT molecular complexity index is 577. The molecule has 98 valence electrons. The SMILES string of the molecule is Cc1cc(C(=O)Nc2ccc(CO)cc2)cc(Cl)n1. The summed E-state index contributed by atoms with van der Waals surface area (Å²) in [5.41, 5.74) is 2.60. The third kappa shape index (κ3) is 3.53. The van der Waals surface area contributed by atoms with Gasteiger partial charge in [0.25, 0.3) is 5.91 Å². The highest BCUT2D eigenvalue weighted by atomic mass is 35.5. The predicted octanol–water partition coefficient (Wildman–Crippen LogP) is 2.79. The summed E-state index contributed by atoms with van der Waals surface area (Å²) < 4.78 is 0. The van der Waals surface area contributed by atoms with E-state index >= 15 is 0 Å². The number of carbonyl (C=O) groups excluding carboxylic acids is 1. The van der Waals surface area contributed by atoms with E-state index in [-0.39, 0.29) is 12.5 Å². The minimum atomic E-state index is -0.246. The van der Waals surface area contributed by atoms with Crippen molar-refractivity contribution in [3.8, 4) is 0 Å². The summed E-state index contributed by atoms with van der Waals surface area (Å²) in [6.45, 7) is 1.76. The Balaban J connectivity index is 2.15. The molecule has 0 aliphatic carbocycles. The number of aliphatic hydroxyl groups excluding tert-OH is 1. The second-order valence-corrected chi connectivity index (χ2v) is 4.52. The van der Waals surface area contributed by atoms with Crippen LogP contribution in [-0.2, 0) is 6.61 Å². The lowest BCUT2D eigenvalue weighted by Crippen LogP contribution is -2.12. The summed E-state index contributed by atoms with van der Waals surface area (Å²) in [6, 6.07) is 10.2. The van der Waals surface area contributed by atoms with Gasteiger partial charge < -0.3 is 10.4 Å². The maximum Gasteiger partial charge on any atom is 0.255 e. The van der Waals surface area contributed by atoms with E-state index in [1.165, 1.54) is 6.07 Å². The topological polar surface area (TPSA) is 62.2 Å². The average Bonchev–Trinajstić information content (AvgIpc) is 2.38. The zero-order chi connectivity index (χ0) is 13.8. The molecule has 0 saturated carbocycles. The average molecular weight is 277 g/mol. The molecule has 4 nitrogen and oxygen atoms in total. The van der Waals surface area contributed by atoms with Gasteiger partial charge in [-0.15, -0.1) is 0 Å². The molecule has 0 bridgehead atoms. The number of amides is 1. The number of aliphatic hydroxyl groups is 1. The molecule has 0 spiro atoms. The van der Waals surface area contributed by atoms with Crippen molar-refractivity contribution in [2.75, 3.05) is 5.32 Å². The van der Waals surface area contributed by atoms with Gasteiger partial charge in [-0.3, -0.25) is 4.79 Å². The van der Waals surface area contributed by atoms with Gasteiger partial charge in [-0.1, -0.05) is 23.7 Å². The maximum atomic E-state index is 12.0. The Morgan fingerprint density at radius 3 is 2.58 bits per heavy atom. The fourth-order valence-corrected chi connectivity index (χ4v) is 1.91. The lowest BCUT2D eigenvalue weighted by Gasteiger charge is -2.07. The number of rotatable bonds is 3. The summed E-state index contributed by atoms with van der Waals surface area (Å²) >= 11 is 5.82. The summed E-state index contributed by atoms with van der Waals surface area (Å²) in [7, 11) is 0. The second kappa shape index (κ2) is 5.82. The van der Waals surface area contributed by atoms with Crippen molar-refractivity contribution in [3.63, 3.8) is 0 Å². The third-order valence-corrected chi connectivity index (χ3v) is 2.77. The molecule has 19 heavy (non-hydrogen) atoms. The Morgan fingerprint density at radius 2 is 2.00 bits per heavy atom. The van der Waals surface area contributed by atoms with Gasteiger partial charge in [0.1, 0.15) is 5.15 Å². The van der Waals surface area contributed by atoms with Crippen LogP contribution >= 0.6 is 11.6 Å². The summed E-state index contributed by atoms with van der Waals surface area (Å²) in [5.74, 6) is -0.246. The number of hydrogen-bond acceptors (Lipinski definition) is 3. The molecule has 2 aromatic rings. The van der Waals surface area contributed by atoms with Crippen LogP contribution in [0.4, 0.5) is 5.69 Å². The summed E-state index contributed by atoms with van der Waals surface area (Å²) in [6.07, 6.45) is 0. The molecule has 5 heteroatoms. The highest BCUT2D eigenvalue weighted by Gasteiger charge is 2.08. The number of aromatic nitrogens is 1. The normalized spacial score (nSPS) is 10.3. The third-order valence-electron chi connectivity index (χ3n) is 2.58. The number of halogens is 1. The van der Waals surface area contributed by atoms with Crippen molar-refractivity contribution in [2.45, 2.75) is 13.5 Å². The van der Waals surface area contributed by atoms with E-state index in [0.29, 0.717) is 22.1 Å². The molecule has 1 aromatic carbocycles. The van der Waals surface area contributed by atoms with Crippen LogP contribution in [0.3, 0.4) is 0 Å². The minimum Gasteiger partial charge on any atom is -0.392 e. The van der Waals surface area contributed by atoms with E-state index in [1.54, 1.807) is 37.3 Å². The molecule has 1 amide bonds. The summed E-state index contributed by atoms with van der Waals surface area (Å²) in [5, 5.41) is 12.0. The lowest BCUT2D eigenvalue weighted by atomic mass is 10.2. The van der Waals surface area contributed by atoms with Crippen LogP contribution in [0.1, 0.15) is 21.6 Å². The van der Waals surface area contributed by atoms with Crippen molar-refractivity contribution < 1.29 is 9.90 Å². The van der Waals surface area contributed by atoms with Crippen LogP contribution in [0.15, 0.2) is 36.4 Å². The van der Waals surface area contributed by atoms with Crippen molar-refractivity contribution in [2.24, 2.45) is 0 Å². The van der Waals surface area contributed by atoms with Crippen LogP contribution < -0.4 is 5.32 Å². The first-order valence-corrected chi connectivity index (χ1v) is 6.11. The number of hydrogen-bond donors (Lipinski definition) is 2. The predicted molar refractivity (Wildman–Crippen MR) is 74.3 cm³/mol. The molecule has 0 aliphatic heterocycles. The smallest absolute Gasteiger partial charge is 0.255 e. The molecular weight excluding hydrogens is 264 g/mol. The zero-order valence-corrected chi connectivity index (χ0v) is 11.1. The fraction of sp³-hybridized carbons (Fsp3) is 0.143. The highest BCUT2D eigenvalue weighted by Crippen LogP contribution is 2.14. The molecule has 0 unspecified atom stereocenters. The maximum absolute atomic E-state index is 12.0. The molecule has 2 rings (SSSR count). The number of pyridine rings is 1. The van der Waals surface area contributed by atoms with Crippen LogP contribution in [0.2, 0.25) is 5.15 Å². The van der Waals surface area contributed by atoms with Crippen LogP contribution in [0, 0.1) is 6.92 Å². The monoisotopic (exact) mass is 276 g/mol. The number of aryl methyl sites for hydroxylation is 1. The number of nitrogens with zero attached hydrogens (tertiary/aromatic N) is 1. The van der Waals surface area contributed by atoms with Gasteiger partial charge in [0, 0.05) is 16.9 Å². The Kier molecular flexibility index (Phi) is 4.14. The van der Waals surface area contributed by atoms with E-state index in [2.05, 4.69) is 10.3 Å². The zero-order valence-electron chi connectivity index (χ0n) is 10.4. The fourth-order valence-electron chi connectivity index (χ4n) is 1.66. The molecule has 0 saturated heterocycles. The van der Waals surface area contributed by atoms with Gasteiger partial charge in [-0.25, -0.2) is 4.98 Å². The molecule has 0 fully saturated rings. The van der Waals surface area contributed by atoms with E-state index in [0.717, 1.165) is 5.56 Å². The Morgan fingerprint density at radius 1 is 1.32 bits per heavy atom. The largest absolute Gasteiger partial charge is 0.392 e. The molecular formula is C14H13ClN2O2. The first-order valence-electron chi connectivity index (χ1n) is 5.74. The first kappa shape index (κ1) is 13.5. The molecule has 0 aliphatic rings. The van der Waals surface area contributed by atoms with E-state index in [4.69, 9.17) is 16.7 Å². The highest BCUT2D eigenvalue weighted by molar-refractivity contribution is 6.29. The number of anilines is 1. The standard InChI is InChI=1S/C14H13ClN2O2/c1-9-6-11(7-13(15)16-9)14(19)17-12-4-2-10(8-18)3-5-12/h2-7,18H,8H2,1H3,(H,17,19). The van der Waals surface area contributed by atoms with Gasteiger partial charge in [0.15, 0.2) is 0 Å². The molecule has 2 N–H and O–H groups in total. The molecule has 1 heterocycles. The van der Waals surface area contributed by atoms with Crippen molar-refractivity contribution >= 4 is 23.2 Å². The number of nitrogens with one attached hydrogen (secondary N) is 1. The van der Waals surface area contributed by atoms with Gasteiger partial charge in [-0.05, 0) is 36.8 Å². The van der Waals surface area contributed by atoms with Crippen LogP contribution in [-0.4, -0.2) is 16.0 Å². The van der Waals surface area contributed by atoms with E-state index in [1.807, 2.05) is 0 Å². The number of carbonyl (C=O) groups is 1. The van der Waals surface area contributed by atoms with Crippen LogP contribution in [0.5, 0.6) is 0 Å². The van der Waals surface area contributed by atoms with Gasteiger partial charge >= 0.3 is 0 Å². The minimum absolute atomic E-state index is 0.0205. The van der Waals surface area contributed by atoms with Gasteiger partial charge in [0.2, 0.25) is 0 Å². The van der Waals surface area contributed by atoms with Gasteiger partial charge in [0.05, 0.1) is 6.61 Å². The first-order chi connectivity index (χ1) is 9.08. The Labute approximate surface area is 116 Å². The summed E-state index contributed by atoms with van der Waals surface area (Å²) in [4.78, 5) is 16.0. The van der Waals surface area contributed by atoms with Gasteiger partial charge in [-0.2, -0.15) is 0 Å². The van der Waals surface area contributed by atoms with Crippen LogP contribution in [0.25, 0.3) is 0 Å². The van der Waals surface area contributed by atoms with E-state index < -0.39 is 0 Å². The molecule has 1 aromatic heterocycles. The lowest BCUT2D eigenvalue weighted by molar-refractivity contribution is 0.102. The van der Waals surface area contributed by atoms with Crippen molar-refractivity contribution in [1.82, 2.24) is 4.98 Å². The van der Waals surface area contributed by atoms with Crippen molar-refractivity contribution in [1.29, 1.82) is 0 Å². The molecule has 0 radical (unpaired) electrons. The van der Waals surface area contributed by atoms with E-state index in [9.17, 15) is 4.79 Å². The Hall–Kier alpha value is -1.91.